The van der Waals surface area contributed by atoms with Crippen LogP contribution in [0.3, 0.4) is 0 Å². The van der Waals surface area contributed by atoms with E-state index in [1.807, 2.05) is 13.0 Å². The zero-order valence-corrected chi connectivity index (χ0v) is 28.0. The van der Waals surface area contributed by atoms with Gasteiger partial charge in [-0.3, -0.25) is 9.59 Å². The molecule has 3 aromatic rings. The molecule has 0 saturated carbocycles. The van der Waals surface area contributed by atoms with E-state index in [4.69, 9.17) is 26.1 Å². The van der Waals surface area contributed by atoms with Crippen molar-refractivity contribution in [2.75, 3.05) is 13.7 Å². The Kier molecular flexibility index (Phi) is 12.7. The van der Waals surface area contributed by atoms with E-state index in [1.165, 1.54) is 20.1 Å². The SMILES string of the molecule is CCCc1c(OCCCC/C=C\C=C\[C@@H](c2c(C(=O)O)oc3c(c2=O)=CCC(=S)C=3)[C@@H](O)c2cccc(OC)c2)ccc(C(C)=O)c1O. The molecule has 0 aliphatic heterocycles. The lowest BCUT2D eigenvalue weighted by molar-refractivity contribution is 0.0650. The van der Waals surface area contributed by atoms with E-state index in [-0.39, 0.29) is 33.3 Å². The first kappa shape index (κ1) is 36.0. The molecule has 1 heterocycles. The molecule has 1 aliphatic carbocycles. The zero-order valence-electron chi connectivity index (χ0n) is 27.2. The smallest absolute Gasteiger partial charge is 0.372 e. The van der Waals surface area contributed by atoms with Crippen molar-refractivity contribution in [2.24, 2.45) is 0 Å². The van der Waals surface area contributed by atoms with Gasteiger partial charge >= 0.3 is 5.97 Å². The predicted octanol–water partition coefficient (Wildman–Crippen LogP) is 5.72. The Bertz CT molecular complexity index is 1920. The lowest BCUT2D eigenvalue weighted by Gasteiger charge is -2.22. The molecule has 1 aliphatic rings. The number of ketones is 1. The summed E-state index contributed by atoms with van der Waals surface area (Å²) in [5, 5.41) is 32.4. The average molecular weight is 673 g/mol. The van der Waals surface area contributed by atoms with Gasteiger partial charge in [0, 0.05) is 22.8 Å². The number of ether oxygens (including phenoxy) is 2. The van der Waals surface area contributed by atoms with Gasteiger partial charge in [0.15, 0.2) is 11.2 Å². The zero-order chi connectivity index (χ0) is 34.8. The van der Waals surface area contributed by atoms with Crippen molar-refractivity contribution < 1.29 is 38.8 Å². The first-order valence-corrected chi connectivity index (χ1v) is 16.3. The molecule has 0 unspecified atom stereocenters. The third-order valence-electron chi connectivity index (χ3n) is 8.02. The summed E-state index contributed by atoms with van der Waals surface area (Å²) < 4.78 is 17.0. The van der Waals surface area contributed by atoms with Gasteiger partial charge in [-0.05, 0) is 68.5 Å². The van der Waals surface area contributed by atoms with Crippen molar-refractivity contribution in [1.82, 2.24) is 0 Å². The molecule has 0 spiro atoms. The molecule has 1 aromatic heterocycles. The number of phenolic OH excluding ortho intramolecular Hbond substituents is 1. The standard InChI is InChI=1S/C38H40O9S/c1-4-12-28-31(19-18-27(23(2)39)35(28)41)46-20-10-8-6-5-7-9-15-30(34(40)24-13-11-14-25(21-24)45-3)33-36(42)29-17-16-26(48)22-32(29)47-37(33)38(43)44/h5,7,9,11,13-15,17-19,21-22,30,34,40-41H,4,6,8,10,12,16,20H2,1-3H3,(H,43,44)/b7-5-,15-9+/t30-,34-/m0/s1. The van der Waals surface area contributed by atoms with Gasteiger partial charge in [-0.2, -0.15) is 0 Å². The Balaban J connectivity index is 1.51. The number of hydrogen-bond acceptors (Lipinski definition) is 9. The minimum absolute atomic E-state index is 0.0180. The van der Waals surface area contributed by atoms with E-state index in [1.54, 1.807) is 60.7 Å². The van der Waals surface area contributed by atoms with Crippen LogP contribution < -0.4 is 25.5 Å². The number of unbranched alkanes of at least 4 members (excludes halogenated alkanes) is 2. The fraction of sp³-hybridized carbons (Fsp3) is 0.316. The normalized spacial score (nSPS) is 13.9. The molecule has 0 bridgehead atoms. The van der Waals surface area contributed by atoms with Gasteiger partial charge in [0.05, 0.1) is 36.2 Å². The number of carbonyl (C=O) groups is 2. The lowest BCUT2D eigenvalue weighted by atomic mass is 9.87. The number of methoxy groups -OCH3 is 1. The summed E-state index contributed by atoms with van der Waals surface area (Å²) in [6.07, 6.45) is 12.8. The van der Waals surface area contributed by atoms with Crippen molar-refractivity contribution in [3.63, 3.8) is 0 Å². The highest BCUT2D eigenvalue weighted by Gasteiger charge is 2.31. The number of benzene rings is 2. The topological polar surface area (TPSA) is 144 Å². The fourth-order valence-corrected chi connectivity index (χ4v) is 5.77. The number of aromatic hydroxyl groups is 1. The Morgan fingerprint density at radius 1 is 1.15 bits per heavy atom. The van der Waals surface area contributed by atoms with Gasteiger partial charge in [-0.1, -0.05) is 68.1 Å². The molecule has 2 aromatic carbocycles. The Morgan fingerprint density at radius 3 is 2.65 bits per heavy atom. The summed E-state index contributed by atoms with van der Waals surface area (Å²) in [4.78, 5) is 38.4. The van der Waals surface area contributed by atoms with Gasteiger partial charge in [-0.15, -0.1) is 0 Å². The van der Waals surface area contributed by atoms with E-state index in [2.05, 4.69) is 0 Å². The summed E-state index contributed by atoms with van der Waals surface area (Å²) >= 11 is 5.22. The predicted molar refractivity (Wildman–Crippen MR) is 188 cm³/mol. The number of rotatable bonds is 16. The third-order valence-corrected chi connectivity index (χ3v) is 8.31. The second-order valence-corrected chi connectivity index (χ2v) is 11.9. The monoisotopic (exact) mass is 672 g/mol. The highest BCUT2D eigenvalue weighted by Crippen LogP contribution is 2.34. The number of allylic oxidation sites excluding steroid dienone is 3. The number of Topliss-reactive ketones (excluding diaryl/α,β-unsaturated/α-hetero) is 1. The number of hydrogen-bond donors (Lipinski definition) is 3. The first-order chi connectivity index (χ1) is 23.1. The molecular weight excluding hydrogens is 632 g/mol. The van der Waals surface area contributed by atoms with Crippen LogP contribution >= 0.6 is 12.2 Å². The van der Waals surface area contributed by atoms with Crippen LogP contribution in [0.15, 0.2) is 69.9 Å². The molecule has 0 radical (unpaired) electrons. The van der Waals surface area contributed by atoms with Gasteiger partial charge in [-0.25, -0.2) is 4.79 Å². The molecule has 252 valence electrons. The number of thiocarbonyl (C=S) groups is 1. The number of aliphatic hydroxyl groups excluding tert-OH is 1. The maximum atomic E-state index is 13.8. The third kappa shape index (κ3) is 8.56. The van der Waals surface area contributed by atoms with Gasteiger partial charge in [0.1, 0.15) is 22.7 Å². The second kappa shape index (κ2) is 16.9. The van der Waals surface area contributed by atoms with E-state index in [0.717, 1.165) is 19.3 Å². The van der Waals surface area contributed by atoms with Gasteiger partial charge in [0.25, 0.3) is 0 Å². The maximum absolute atomic E-state index is 13.8. The fourth-order valence-electron chi connectivity index (χ4n) is 5.58. The quantitative estimate of drug-likeness (QED) is 0.0748. The number of phenols is 1. The van der Waals surface area contributed by atoms with Crippen molar-refractivity contribution in [3.05, 3.63) is 110 Å². The second-order valence-electron chi connectivity index (χ2n) is 11.4. The van der Waals surface area contributed by atoms with Crippen molar-refractivity contribution >= 4 is 41.0 Å². The molecule has 0 fully saturated rings. The summed E-state index contributed by atoms with van der Waals surface area (Å²) in [7, 11) is 1.50. The number of aromatic carboxylic acids is 1. The van der Waals surface area contributed by atoms with Crippen LogP contribution in [-0.4, -0.2) is 45.7 Å². The minimum atomic E-state index is -1.43. The van der Waals surface area contributed by atoms with Crippen LogP contribution in [-0.2, 0) is 6.42 Å². The Hall–Kier alpha value is -4.80. The molecule has 4 rings (SSSR count). The molecule has 0 amide bonds. The average Bonchev–Trinajstić information content (AvgIpc) is 3.06. The van der Waals surface area contributed by atoms with Gasteiger partial charge < -0.3 is 29.2 Å². The van der Waals surface area contributed by atoms with Crippen molar-refractivity contribution in [1.29, 1.82) is 0 Å². The number of aliphatic hydroxyl groups is 1. The molecule has 3 N–H and O–H groups in total. The lowest BCUT2D eigenvalue weighted by Crippen LogP contribution is -2.45. The first-order valence-electron chi connectivity index (χ1n) is 15.9. The number of carboxylic acid groups (broad SMARTS) is 1. The molecule has 0 saturated heterocycles. The molecular formula is C38H40O9S. The Labute approximate surface area is 284 Å². The van der Waals surface area contributed by atoms with E-state index < -0.39 is 29.2 Å². The minimum Gasteiger partial charge on any atom is -0.507 e. The van der Waals surface area contributed by atoms with Crippen molar-refractivity contribution in [3.8, 4) is 17.2 Å². The summed E-state index contributed by atoms with van der Waals surface area (Å²) in [6, 6.07) is 10.0. The van der Waals surface area contributed by atoms with E-state index >= 15 is 0 Å². The van der Waals surface area contributed by atoms with Crippen LogP contribution in [0.4, 0.5) is 0 Å². The van der Waals surface area contributed by atoms with Crippen LogP contribution in [0.25, 0.3) is 12.2 Å². The summed E-state index contributed by atoms with van der Waals surface area (Å²) in [6.45, 7) is 3.84. The number of carbonyl (C=O) groups excluding carboxylic acids is 1. The van der Waals surface area contributed by atoms with Crippen LogP contribution in [0, 0.1) is 0 Å². The molecule has 48 heavy (non-hydrogen) atoms. The highest BCUT2D eigenvalue weighted by molar-refractivity contribution is 7.81. The molecule has 9 nitrogen and oxygen atoms in total. The van der Waals surface area contributed by atoms with Crippen LogP contribution in [0.1, 0.15) is 95.6 Å². The van der Waals surface area contributed by atoms with E-state index in [0.29, 0.717) is 53.4 Å². The van der Waals surface area contributed by atoms with E-state index in [9.17, 15) is 29.7 Å². The maximum Gasteiger partial charge on any atom is 0.372 e. The number of fused-ring (bicyclic) bond motifs is 1. The molecule has 10 heteroatoms. The van der Waals surface area contributed by atoms with Crippen LogP contribution in [0.5, 0.6) is 17.2 Å². The number of carboxylic acids is 1. The highest BCUT2D eigenvalue weighted by atomic mass is 32.1. The van der Waals surface area contributed by atoms with Crippen LogP contribution in [0.2, 0.25) is 0 Å². The summed E-state index contributed by atoms with van der Waals surface area (Å²) in [5.74, 6) is -2.20. The Morgan fingerprint density at radius 2 is 1.94 bits per heavy atom. The van der Waals surface area contributed by atoms with Gasteiger partial charge in [0.2, 0.25) is 5.76 Å². The molecule has 2 atom stereocenters. The summed E-state index contributed by atoms with van der Waals surface area (Å²) in [5.41, 5.74) is 0.741. The van der Waals surface area contributed by atoms with Crippen molar-refractivity contribution in [2.45, 2.75) is 64.4 Å². The largest absolute Gasteiger partial charge is 0.507 e.